The molecule has 0 saturated heterocycles. The van der Waals surface area contributed by atoms with Crippen LogP contribution in [0.1, 0.15) is 47.5 Å². The molecule has 2 unspecified atom stereocenters. The summed E-state index contributed by atoms with van der Waals surface area (Å²) in [5.74, 6) is 2.82. The zero-order valence-corrected chi connectivity index (χ0v) is 13.3. The molecule has 0 saturated carbocycles. The van der Waals surface area contributed by atoms with Gasteiger partial charge in [-0.25, -0.2) is 0 Å². The van der Waals surface area contributed by atoms with Crippen molar-refractivity contribution in [3.8, 4) is 0 Å². The molecule has 0 aliphatic rings. The van der Waals surface area contributed by atoms with Crippen LogP contribution in [0, 0.1) is 5.92 Å². The highest BCUT2D eigenvalue weighted by Gasteiger charge is 2.19. The van der Waals surface area contributed by atoms with Gasteiger partial charge in [0.1, 0.15) is 6.04 Å². The quantitative estimate of drug-likeness (QED) is 0.491. The third kappa shape index (κ3) is 8.81. The summed E-state index contributed by atoms with van der Waals surface area (Å²) in [6.07, 6.45) is 2.07. The minimum atomic E-state index is -0.158. The van der Waals surface area contributed by atoms with Crippen molar-refractivity contribution in [3.63, 3.8) is 0 Å². The van der Waals surface area contributed by atoms with Crippen LogP contribution in [-0.2, 0) is 9.53 Å². The largest absolute Gasteiger partial charge is 0.465 e. The normalized spacial score (nSPS) is 14.6. The van der Waals surface area contributed by atoms with Gasteiger partial charge in [0.2, 0.25) is 0 Å². The lowest BCUT2D eigenvalue weighted by molar-refractivity contribution is -0.145. The van der Waals surface area contributed by atoms with Crippen LogP contribution in [0.15, 0.2) is 0 Å². The van der Waals surface area contributed by atoms with Crippen molar-refractivity contribution in [1.29, 1.82) is 0 Å². The van der Waals surface area contributed by atoms with Gasteiger partial charge in [-0.2, -0.15) is 11.8 Å². The van der Waals surface area contributed by atoms with Crippen molar-refractivity contribution in [2.45, 2.75) is 59.5 Å². The molecule has 0 heterocycles. The van der Waals surface area contributed by atoms with E-state index in [-0.39, 0.29) is 12.0 Å². The van der Waals surface area contributed by atoms with E-state index in [2.05, 4.69) is 33.0 Å². The average Bonchev–Trinajstić information content (AvgIpc) is 2.32. The second-order valence-electron chi connectivity index (χ2n) is 5.00. The smallest absolute Gasteiger partial charge is 0.323 e. The number of nitrogens with one attached hydrogen (secondary N) is 1. The second kappa shape index (κ2) is 10.7. The van der Waals surface area contributed by atoms with Crippen LogP contribution in [-0.4, -0.2) is 36.2 Å². The van der Waals surface area contributed by atoms with Gasteiger partial charge in [0.25, 0.3) is 0 Å². The molecule has 0 aromatic rings. The predicted octanol–water partition coefficient (Wildman–Crippen LogP) is 3.09. The Hall–Kier alpha value is -0.220. The lowest BCUT2D eigenvalue weighted by Crippen LogP contribution is -2.42. The first-order valence-corrected chi connectivity index (χ1v) is 8.17. The molecule has 108 valence electrons. The fourth-order valence-corrected chi connectivity index (χ4v) is 2.73. The summed E-state index contributed by atoms with van der Waals surface area (Å²) in [4.78, 5) is 11.8. The second-order valence-corrected chi connectivity index (χ2v) is 6.15. The SMILES string of the molecule is CCOC(=O)C(CCSCC(C)CC)NC(C)C. The fraction of sp³-hybridized carbons (Fsp3) is 0.929. The van der Waals surface area contributed by atoms with Crippen LogP contribution >= 0.6 is 11.8 Å². The average molecular weight is 275 g/mol. The molecule has 0 bridgehead atoms. The lowest BCUT2D eigenvalue weighted by Gasteiger charge is -2.19. The van der Waals surface area contributed by atoms with E-state index in [1.165, 1.54) is 12.2 Å². The first-order valence-electron chi connectivity index (χ1n) is 7.01. The molecule has 18 heavy (non-hydrogen) atoms. The zero-order valence-electron chi connectivity index (χ0n) is 12.5. The van der Waals surface area contributed by atoms with E-state index in [1.807, 2.05) is 18.7 Å². The molecule has 0 amide bonds. The van der Waals surface area contributed by atoms with Gasteiger partial charge in [0.15, 0.2) is 0 Å². The van der Waals surface area contributed by atoms with Crippen LogP contribution in [0.2, 0.25) is 0 Å². The maximum Gasteiger partial charge on any atom is 0.323 e. The topological polar surface area (TPSA) is 38.3 Å². The molecule has 0 aromatic carbocycles. The van der Waals surface area contributed by atoms with Gasteiger partial charge in [0.05, 0.1) is 6.61 Å². The van der Waals surface area contributed by atoms with Gasteiger partial charge in [-0.05, 0) is 30.8 Å². The van der Waals surface area contributed by atoms with Crippen LogP contribution in [0.25, 0.3) is 0 Å². The highest BCUT2D eigenvalue weighted by atomic mass is 32.2. The number of ether oxygens (including phenoxy) is 1. The highest BCUT2D eigenvalue weighted by molar-refractivity contribution is 7.99. The van der Waals surface area contributed by atoms with Crippen molar-refractivity contribution in [1.82, 2.24) is 5.32 Å². The number of carbonyl (C=O) groups is 1. The molecule has 0 aliphatic heterocycles. The maximum atomic E-state index is 11.8. The molecule has 2 atom stereocenters. The number of rotatable bonds is 10. The summed E-state index contributed by atoms with van der Waals surface area (Å²) < 4.78 is 5.09. The van der Waals surface area contributed by atoms with Crippen LogP contribution in [0.3, 0.4) is 0 Å². The summed E-state index contributed by atoms with van der Waals surface area (Å²) in [5.41, 5.74) is 0. The maximum absolute atomic E-state index is 11.8. The summed E-state index contributed by atoms with van der Waals surface area (Å²) in [6.45, 7) is 10.9. The van der Waals surface area contributed by atoms with E-state index >= 15 is 0 Å². The molecule has 0 radical (unpaired) electrons. The van der Waals surface area contributed by atoms with Gasteiger partial charge >= 0.3 is 5.97 Å². The zero-order chi connectivity index (χ0) is 14.0. The number of hydrogen-bond acceptors (Lipinski definition) is 4. The molecule has 0 fully saturated rings. The Bertz CT molecular complexity index is 222. The van der Waals surface area contributed by atoms with E-state index in [9.17, 15) is 4.79 Å². The predicted molar refractivity (Wildman–Crippen MR) is 80.1 cm³/mol. The van der Waals surface area contributed by atoms with E-state index in [0.29, 0.717) is 12.6 Å². The number of carbonyl (C=O) groups excluding carboxylic acids is 1. The molecule has 0 rings (SSSR count). The Morgan fingerprint density at radius 1 is 1.28 bits per heavy atom. The molecule has 0 aromatic heterocycles. The highest BCUT2D eigenvalue weighted by Crippen LogP contribution is 2.13. The number of thioether (sulfide) groups is 1. The van der Waals surface area contributed by atoms with E-state index in [0.717, 1.165) is 18.1 Å². The standard InChI is InChI=1S/C14H29NO2S/c1-6-12(5)10-18-9-8-13(15-11(3)4)14(16)17-7-2/h11-13,15H,6-10H2,1-5H3. The molecule has 0 spiro atoms. The number of esters is 1. The van der Waals surface area contributed by atoms with E-state index in [1.54, 1.807) is 0 Å². The Balaban J connectivity index is 3.97. The van der Waals surface area contributed by atoms with Crippen molar-refractivity contribution in [3.05, 3.63) is 0 Å². The van der Waals surface area contributed by atoms with Crippen LogP contribution in [0.4, 0.5) is 0 Å². The van der Waals surface area contributed by atoms with Crippen molar-refractivity contribution in [2.24, 2.45) is 5.92 Å². The van der Waals surface area contributed by atoms with Crippen molar-refractivity contribution in [2.75, 3.05) is 18.1 Å². The minimum Gasteiger partial charge on any atom is -0.465 e. The first kappa shape index (κ1) is 17.8. The Labute approximate surface area is 116 Å². The summed E-state index contributed by atoms with van der Waals surface area (Å²) in [7, 11) is 0. The summed E-state index contributed by atoms with van der Waals surface area (Å²) in [5, 5.41) is 3.28. The van der Waals surface area contributed by atoms with Gasteiger partial charge in [0, 0.05) is 6.04 Å². The molecular formula is C14H29NO2S. The minimum absolute atomic E-state index is 0.115. The molecule has 0 aliphatic carbocycles. The third-order valence-electron chi connectivity index (χ3n) is 2.76. The van der Waals surface area contributed by atoms with Gasteiger partial charge in [-0.15, -0.1) is 0 Å². The fourth-order valence-electron chi connectivity index (χ4n) is 1.52. The van der Waals surface area contributed by atoms with Gasteiger partial charge in [-0.1, -0.05) is 34.1 Å². The molecule has 1 N–H and O–H groups in total. The Morgan fingerprint density at radius 2 is 1.94 bits per heavy atom. The number of hydrogen-bond donors (Lipinski definition) is 1. The summed E-state index contributed by atoms with van der Waals surface area (Å²) >= 11 is 1.93. The van der Waals surface area contributed by atoms with Crippen molar-refractivity contribution >= 4 is 17.7 Å². The summed E-state index contributed by atoms with van der Waals surface area (Å²) in [6, 6.07) is 0.147. The third-order valence-corrected chi connectivity index (χ3v) is 4.08. The van der Waals surface area contributed by atoms with Crippen LogP contribution in [0.5, 0.6) is 0 Å². The Morgan fingerprint density at radius 3 is 2.44 bits per heavy atom. The molecular weight excluding hydrogens is 246 g/mol. The van der Waals surface area contributed by atoms with Gasteiger partial charge < -0.3 is 10.1 Å². The molecule has 4 heteroatoms. The Kier molecular flexibility index (Phi) is 10.5. The molecule has 3 nitrogen and oxygen atoms in total. The van der Waals surface area contributed by atoms with E-state index in [4.69, 9.17) is 4.74 Å². The van der Waals surface area contributed by atoms with Crippen molar-refractivity contribution < 1.29 is 9.53 Å². The van der Waals surface area contributed by atoms with Crippen LogP contribution < -0.4 is 5.32 Å². The first-order chi connectivity index (χ1) is 8.51. The monoisotopic (exact) mass is 275 g/mol. The lowest BCUT2D eigenvalue weighted by atomic mass is 10.2. The van der Waals surface area contributed by atoms with E-state index < -0.39 is 0 Å². The van der Waals surface area contributed by atoms with Gasteiger partial charge in [-0.3, -0.25) is 4.79 Å².